The van der Waals surface area contributed by atoms with Crippen molar-refractivity contribution in [2.24, 2.45) is 5.41 Å². The lowest BCUT2D eigenvalue weighted by atomic mass is 9.76. The zero-order valence-corrected chi connectivity index (χ0v) is 13.1. The molecule has 1 fully saturated rings. The first kappa shape index (κ1) is 15.2. The Morgan fingerprint density at radius 3 is 2.80 bits per heavy atom. The minimum absolute atomic E-state index is 0.405. The quantitative estimate of drug-likeness (QED) is 0.863. The van der Waals surface area contributed by atoms with Crippen molar-refractivity contribution >= 4 is 5.69 Å². The number of methoxy groups -OCH3 is 1. The van der Waals surface area contributed by atoms with E-state index < -0.39 is 0 Å². The molecule has 3 nitrogen and oxygen atoms in total. The molecule has 0 bridgehead atoms. The number of nitrogens with one attached hydrogen (secondary N) is 1. The average molecular weight is 276 g/mol. The Hall–Kier alpha value is -1.22. The van der Waals surface area contributed by atoms with E-state index in [2.05, 4.69) is 36.3 Å². The third-order valence-corrected chi connectivity index (χ3v) is 4.41. The van der Waals surface area contributed by atoms with Gasteiger partial charge in [-0.15, -0.1) is 0 Å². The molecule has 1 atom stereocenters. The molecule has 1 aromatic rings. The zero-order chi connectivity index (χ0) is 14.4. The fourth-order valence-electron chi connectivity index (χ4n) is 3.52. The number of hydrogen-bond acceptors (Lipinski definition) is 3. The van der Waals surface area contributed by atoms with E-state index >= 15 is 0 Å². The Bertz CT molecular complexity index is 408. The Labute approximate surface area is 123 Å². The van der Waals surface area contributed by atoms with Gasteiger partial charge < -0.3 is 15.0 Å². The van der Waals surface area contributed by atoms with Crippen molar-refractivity contribution in [3.05, 3.63) is 24.3 Å². The van der Waals surface area contributed by atoms with E-state index in [1.165, 1.54) is 37.9 Å². The minimum atomic E-state index is 0.405. The van der Waals surface area contributed by atoms with Gasteiger partial charge in [-0.2, -0.15) is 0 Å². The molecule has 0 aliphatic carbocycles. The molecule has 20 heavy (non-hydrogen) atoms. The van der Waals surface area contributed by atoms with Crippen LogP contribution in [-0.2, 0) is 0 Å². The second-order valence-electron chi connectivity index (χ2n) is 6.06. The molecule has 2 rings (SSSR count). The van der Waals surface area contributed by atoms with Crippen molar-refractivity contribution in [2.75, 3.05) is 38.7 Å². The summed E-state index contributed by atoms with van der Waals surface area (Å²) in [6, 6.07) is 8.30. The Balaban J connectivity index is 2.13. The van der Waals surface area contributed by atoms with E-state index in [0.717, 1.165) is 18.8 Å². The SMILES string of the molecule is CCCC1(CN(C)c2ccccc2OC)CCCNC1. The first-order valence-corrected chi connectivity index (χ1v) is 7.76. The first-order chi connectivity index (χ1) is 9.71. The van der Waals surface area contributed by atoms with Crippen LogP contribution in [0.1, 0.15) is 32.6 Å². The highest BCUT2D eigenvalue weighted by atomic mass is 16.5. The van der Waals surface area contributed by atoms with E-state index in [1.54, 1.807) is 7.11 Å². The molecular weight excluding hydrogens is 248 g/mol. The molecule has 1 aliphatic rings. The Morgan fingerprint density at radius 1 is 1.35 bits per heavy atom. The summed E-state index contributed by atoms with van der Waals surface area (Å²) in [6.07, 6.45) is 5.16. The summed E-state index contributed by atoms with van der Waals surface area (Å²) in [5.74, 6) is 0.963. The molecule has 0 amide bonds. The predicted molar refractivity (Wildman–Crippen MR) is 85.7 cm³/mol. The van der Waals surface area contributed by atoms with Gasteiger partial charge in [0.1, 0.15) is 5.75 Å². The van der Waals surface area contributed by atoms with E-state index in [4.69, 9.17) is 4.74 Å². The van der Waals surface area contributed by atoms with Crippen LogP contribution in [-0.4, -0.2) is 33.8 Å². The van der Waals surface area contributed by atoms with Gasteiger partial charge in [0, 0.05) is 25.6 Å². The van der Waals surface area contributed by atoms with Crippen molar-refractivity contribution in [1.29, 1.82) is 0 Å². The van der Waals surface area contributed by atoms with Gasteiger partial charge in [-0.05, 0) is 37.9 Å². The van der Waals surface area contributed by atoms with Gasteiger partial charge in [-0.3, -0.25) is 0 Å². The van der Waals surface area contributed by atoms with Gasteiger partial charge in [0.2, 0.25) is 0 Å². The molecule has 0 saturated carbocycles. The maximum Gasteiger partial charge on any atom is 0.142 e. The van der Waals surface area contributed by atoms with Crippen LogP contribution in [0.15, 0.2) is 24.3 Å². The van der Waals surface area contributed by atoms with Gasteiger partial charge in [-0.25, -0.2) is 0 Å². The van der Waals surface area contributed by atoms with Crippen molar-refractivity contribution < 1.29 is 4.74 Å². The van der Waals surface area contributed by atoms with Crippen molar-refractivity contribution in [3.63, 3.8) is 0 Å². The topological polar surface area (TPSA) is 24.5 Å². The number of rotatable bonds is 6. The maximum atomic E-state index is 5.49. The summed E-state index contributed by atoms with van der Waals surface area (Å²) in [7, 11) is 3.93. The fraction of sp³-hybridized carbons (Fsp3) is 0.647. The van der Waals surface area contributed by atoms with Crippen LogP contribution in [0.2, 0.25) is 0 Å². The third-order valence-electron chi connectivity index (χ3n) is 4.41. The summed E-state index contributed by atoms with van der Waals surface area (Å²) in [6.45, 7) is 5.69. The number of piperidine rings is 1. The van der Waals surface area contributed by atoms with Gasteiger partial charge in [0.25, 0.3) is 0 Å². The maximum absolute atomic E-state index is 5.49. The molecule has 112 valence electrons. The zero-order valence-electron chi connectivity index (χ0n) is 13.1. The molecule has 1 aliphatic heterocycles. The molecule has 1 heterocycles. The fourth-order valence-corrected chi connectivity index (χ4v) is 3.52. The van der Waals surface area contributed by atoms with Crippen LogP contribution >= 0.6 is 0 Å². The molecule has 3 heteroatoms. The number of ether oxygens (including phenoxy) is 1. The summed E-state index contributed by atoms with van der Waals surface area (Å²) in [5.41, 5.74) is 1.60. The normalized spacial score (nSPS) is 22.6. The number of hydrogen-bond donors (Lipinski definition) is 1. The standard InChI is InChI=1S/C17H28N2O/c1-4-10-17(11-7-12-18-13-17)14-19(2)15-8-5-6-9-16(15)20-3/h5-6,8-9,18H,4,7,10-14H2,1-3H3. The highest BCUT2D eigenvalue weighted by Crippen LogP contribution is 2.35. The minimum Gasteiger partial charge on any atom is -0.495 e. The number of para-hydroxylation sites is 2. The summed E-state index contributed by atoms with van der Waals surface area (Å²) >= 11 is 0. The highest BCUT2D eigenvalue weighted by molar-refractivity contribution is 5.58. The third kappa shape index (κ3) is 3.45. The van der Waals surface area contributed by atoms with Crippen LogP contribution in [0, 0.1) is 5.41 Å². The summed E-state index contributed by atoms with van der Waals surface area (Å²) in [4.78, 5) is 2.36. The Morgan fingerprint density at radius 2 is 2.15 bits per heavy atom. The van der Waals surface area contributed by atoms with E-state index in [9.17, 15) is 0 Å². The first-order valence-electron chi connectivity index (χ1n) is 7.76. The average Bonchev–Trinajstić information content (AvgIpc) is 2.48. The summed E-state index contributed by atoms with van der Waals surface area (Å²) < 4.78 is 5.49. The molecule has 0 aromatic heterocycles. The number of anilines is 1. The second-order valence-corrected chi connectivity index (χ2v) is 6.06. The lowest BCUT2D eigenvalue weighted by molar-refractivity contribution is 0.196. The van der Waals surface area contributed by atoms with Crippen LogP contribution in [0.25, 0.3) is 0 Å². The lowest BCUT2D eigenvalue weighted by Gasteiger charge is -2.41. The lowest BCUT2D eigenvalue weighted by Crippen LogP contribution is -2.46. The van der Waals surface area contributed by atoms with E-state index in [1.807, 2.05) is 12.1 Å². The van der Waals surface area contributed by atoms with Gasteiger partial charge in [-0.1, -0.05) is 25.5 Å². The van der Waals surface area contributed by atoms with E-state index in [0.29, 0.717) is 5.41 Å². The molecular formula is C17H28N2O. The molecule has 1 unspecified atom stereocenters. The van der Waals surface area contributed by atoms with E-state index in [-0.39, 0.29) is 0 Å². The largest absolute Gasteiger partial charge is 0.495 e. The van der Waals surface area contributed by atoms with Crippen LogP contribution in [0.5, 0.6) is 5.75 Å². The summed E-state index contributed by atoms with van der Waals surface area (Å²) in [5, 5.41) is 3.59. The molecule has 0 spiro atoms. The smallest absolute Gasteiger partial charge is 0.142 e. The van der Waals surface area contributed by atoms with Gasteiger partial charge in [0.05, 0.1) is 12.8 Å². The van der Waals surface area contributed by atoms with Crippen LogP contribution < -0.4 is 15.0 Å². The van der Waals surface area contributed by atoms with Gasteiger partial charge in [0.15, 0.2) is 0 Å². The second kappa shape index (κ2) is 6.98. The molecule has 1 aromatic carbocycles. The molecule has 1 N–H and O–H groups in total. The number of benzene rings is 1. The monoisotopic (exact) mass is 276 g/mol. The van der Waals surface area contributed by atoms with Crippen molar-refractivity contribution in [1.82, 2.24) is 5.32 Å². The number of nitrogens with zero attached hydrogens (tertiary/aromatic N) is 1. The molecule has 0 radical (unpaired) electrons. The highest BCUT2D eigenvalue weighted by Gasteiger charge is 2.32. The van der Waals surface area contributed by atoms with Gasteiger partial charge >= 0.3 is 0 Å². The predicted octanol–water partition coefficient (Wildman–Crippen LogP) is 3.30. The van der Waals surface area contributed by atoms with Crippen molar-refractivity contribution in [2.45, 2.75) is 32.6 Å². The van der Waals surface area contributed by atoms with Crippen molar-refractivity contribution in [3.8, 4) is 5.75 Å². The van der Waals surface area contributed by atoms with Crippen LogP contribution in [0.4, 0.5) is 5.69 Å². The molecule has 1 saturated heterocycles. The van der Waals surface area contributed by atoms with Crippen LogP contribution in [0.3, 0.4) is 0 Å². The Kier molecular flexibility index (Phi) is 5.30.